The minimum atomic E-state index is 0.426. The monoisotopic (exact) mass is 288 g/mol. The third-order valence-corrected chi connectivity index (χ3v) is 2.52. The fourth-order valence-electron chi connectivity index (χ4n) is 1.30. The average molecular weight is 289 g/mol. The van der Waals surface area contributed by atoms with Crippen LogP contribution < -0.4 is 5.32 Å². The highest BCUT2D eigenvalue weighted by Gasteiger charge is 1.98. The van der Waals surface area contributed by atoms with Crippen LogP contribution in [0.4, 0.5) is 11.6 Å². The molecule has 0 spiro atoms. The maximum absolute atomic E-state index is 8.56. The van der Waals surface area contributed by atoms with Crippen LogP contribution in [-0.4, -0.2) is 9.97 Å². The number of nitriles is 1. The summed E-state index contributed by atoms with van der Waals surface area (Å²) in [4.78, 5) is 8.22. The van der Waals surface area contributed by atoms with Crippen LogP contribution in [0.5, 0.6) is 0 Å². The molecule has 2 aromatic rings. The number of benzene rings is 1. The van der Waals surface area contributed by atoms with Gasteiger partial charge in [-0.05, 0) is 33.6 Å². The molecule has 1 aromatic carbocycles. The molecule has 0 aliphatic rings. The minimum Gasteiger partial charge on any atom is -0.324 e. The second-order valence-electron chi connectivity index (χ2n) is 3.38. The van der Waals surface area contributed by atoms with Crippen LogP contribution in [-0.2, 0) is 6.42 Å². The Morgan fingerprint density at radius 2 is 1.82 bits per heavy atom. The molecule has 0 radical (unpaired) electrons. The second kappa shape index (κ2) is 5.41. The number of rotatable bonds is 3. The van der Waals surface area contributed by atoms with E-state index in [0.717, 1.165) is 15.7 Å². The third-order valence-electron chi connectivity index (χ3n) is 2.11. The van der Waals surface area contributed by atoms with E-state index < -0.39 is 0 Å². The summed E-state index contributed by atoms with van der Waals surface area (Å²) in [6, 6.07) is 9.73. The van der Waals surface area contributed by atoms with Gasteiger partial charge in [-0.3, -0.25) is 0 Å². The van der Waals surface area contributed by atoms with Crippen molar-refractivity contribution in [1.29, 1.82) is 5.26 Å². The van der Waals surface area contributed by atoms with Gasteiger partial charge in [0, 0.05) is 18.1 Å². The number of hydrogen-bond donors (Lipinski definition) is 1. The molecule has 17 heavy (non-hydrogen) atoms. The Bertz CT molecular complexity index is 528. The maximum atomic E-state index is 8.56. The number of nitrogens with zero attached hydrogens (tertiary/aromatic N) is 3. The van der Waals surface area contributed by atoms with Crippen LogP contribution in [0.25, 0.3) is 0 Å². The summed E-state index contributed by atoms with van der Waals surface area (Å²) >= 11 is 3.27. The average Bonchev–Trinajstić information content (AvgIpc) is 2.35. The van der Waals surface area contributed by atoms with Crippen molar-refractivity contribution in [2.24, 2.45) is 0 Å². The number of aromatic nitrogens is 2. The van der Waals surface area contributed by atoms with E-state index in [4.69, 9.17) is 5.26 Å². The largest absolute Gasteiger partial charge is 0.324 e. The lowest BCUT2D eigenvalue weighted by atomic mass is 10.1. The standard InChI is InChI=1S/C12H9BrN4/c13-10-7-15-12(16-8-10)17-11-3-1-9(2-4-11)5-6-14/h1-4,7-8H,5H2,(H,15,16,17). The molecule has 84 valence electrons. The van der Waals surface area contributed by atoms with E-state index in [0.29, 0.717) is 12.4 Å². The van der Waals surface area contributed by atoms with E-state index in [1.165, 1.54) is 0 Å². The molecular formula is C12H9BrN4. The highest BCUT2D eigenvalue weighted by atomic mass is 79.9. The lowest BCUT2D eigenvalue weighted by Gasteiger charge is -2.04. The van der Waals surface area contributed by atoms with Gasteiger partial charge in [0.2, 0.25) is 5.95 Å². The molecule has 0 saturated carbocycles. The van der Waals surface area contributed by atoms with E-state index in [1.807, 2.05) is 24.3 Å². The van der Waals surface area contributed by atoms with Crippen LogP contribution in [0.3, 0.4) is 0 Å². The van der Waals surface area contributed by atoms with E-state index >= 15 is 0 Å². The Balaban J connectivity index is 2.09. The Morgan fingerprint density at radius 3 is 2.41 bits per heavy atom. The van der Waals surface area contributed by atoms with E-state index in [-0.39, 0.29) is 0 Å². The SMILES string of the molecule is N#CCc1ccc(Nc2ncc(Br)cn2)cc1. The van der Waals surface area contributed by atoms with Crippen molar-refractivity contribution in [3.05, 3.63) is 46.7 Å². The Kier molecular flexibility index (Phi) is 3.68. The molecule has 5 heteroatoms. The minimum absolute atomic E-state index is 0.426. The molecule has 0 unspecified atom stereocenters. The molecule has 0 amide bonds. The van der Waals surface area contributed by atoms with Gasteiger partial charge in [0.1, 0.15) is 0 Å². The van der Waals surface area contributed by atoms with Crippen LogP contribution in [0.2, 0.25) is 0 Å². The van der Waals surface area contributed by atoms with Crippen LogP contribution >= 0.6 is 15.9 Å². The van der Waals surface area contributed by atoms with Gasteiger partial charge < -0.3 is 5.32 Å². The molecule has 1 N–H and O–H groups in total. The molecule has 4 nitrogen and oxygen atoms in total. The van der Waals surface area contributed by atoms with Gasteiger partial charge in [-0.1, -0.05) is 12.1 Å². The highest BCUT2D eigenvalue weighted by Crippen LogP contribution is 2.15. The molecule has 0 saturated heterocycles. The first-order chi connectivity index (χ1) is 8.28. The Labute approximate surface area is 107 Å². The molecule has 1 aromatic heterocycles. The van der Waals surface area contributed by atoms with Crippen molar-refractivity contribution in [3.8, 4) is 6.07 Å². The zero-order valence-electron chi connectivity index (χ0n) is 8.89. The third kappa shape index (κ3) is 3.26. The normalized spacial score (nSPS) is 9.65. The lowest BCUT2D eigenvalue weighted by Crippen LogP contribution is -1.96. The number of nitrogens with one attached hydrogen (secondary N) is 1. The van der Waals surface area contributed by atoms with Crippen molar-refractivity contribution in [1.82, 2.24) is 9.97 Å². The summed E-state index contributed by atoms with van der Waals surface area (Å²) in [5.41, 5.74) is 1.89. The summed E-state index contributed by atoms with van der Waals surface area (Å²) < 4.78 is 0.840. The van der Waals surface area contributed by atoms with E-state index in [2.05, 4.69) is 37.3 Å². The Morgan fingerprint density at radius 1 is 1.18 bits per heavy atom. The molecule has 0 aliphatic carbocycles. The Hall–Kier alpha value is -1.93. The fourth-order valence-corrected chi connectivity index (χ4v) is 1.51. The lowest BCUT2D eigenvalue weighted by molar-refractivity contribution is 1.15. The van der Waals surface area contributed by atoms with Crippen LogP contribution in [0.1, 0.15) is 5.56 Å². The van der Waals surface area contributed by atoms with Gasteiger partial charge in [-0.2, -0.15) is 5.26 Å². The molecule has 2 rings (SSSR count). The quantitative estimate of drug-likeness (QED) is 0.943. The molecule has 0 fully saturated rings. The van der Waals surface area contributed by atoms with E-state index in [1.54, 1.807) is 12.4 Å². The number of anilines is 2. The summed E-state index contributed by atoms with van der Waals surface area (Å²) in [6.45, 7) is 0. The number of halogens is 1. The predicted octanol–water partition coefficient (Wildman–Crippen LogP) is 3.05. The molecule has 0 atom stereocenters. The van der Waals surface area contributed by atoms with Crippen molar-refractivity contribution in [2.45, 2.75) is 6.42 Å². The van der Waals surface area contributed by atoms with Gasteiger partial charge in [0.15, 0.2) is 0 Å². The summed E-state index contributed by atoms with van der Waals surface area (Å²) in [5.74, 6) is 0.543. The van der Waals surface area contributed by atoms with Gasteiger partial charge in [0.25, 0.3) is 0 Å². The molecule has 1 heterocycles. The topological polar surface area (TPSA) is 61.6 Å². The predicted molar refractivity (Wildman–Crippen MR) is 68.8 cm³/mol. The summed E-state index contributed by atoms with van der Waals surface area (Å²) in [6.07, 6.45) is 3.79. The first kappa shape index (κ1) is 11.6. The first-order valence-electron chi connectivity index (χ1n) is 4.98. The van der Waals surface area contributed by atoms with Crippen molar-refractivity contribution in [2.75, 3.05) is 5.32 Å². The summed E-state index contributed by atoms with van der Waals surface area (Å²) in [5, 5.41) is 11.6. The van der Waals surface area contributed by atoms with Crippen LogP contribution in [0, 0.1) is 11.3 Å². The van der Waals surface area contributed by atoms with Crippen LogP contribution in [0.15, 0.2) is 41.1 Å². The number of hydrogen-bond acceptors (Lipinski definition) is 4. The second-order valence-corrected chi connectivity index (χ2v) is 4.30. The first-order valence-corrected chi connectivity index (χ1v) is 5.78. The zero-order chi connectivity index (χ0) is 12.1. The maximum Gasteiger partial charge on any atom is 0.227 e. The van der Waals surface area contributed by atoms with Gasteiger partial charge in [-0.15, -0.1) is 0 Å². The van der Waals surface area contributed by atoms with E-state index in [9.17, 15) is 0 Å². The van der Waals surface area contributed by atoms with Crippen molar-refractivity contribution >= 4 is 27.6 Å². The molecule has 0 bridgehead atoms. The highest BCUT2D eigenvalue weighted by molar-refractivity contribution is 9.10. The van der Waals surface area contributed by atoms with Gasteiger partial charge in [0.05, 0.1) is 17.0 Å². The summed E-state index contributed by atoms with van der Waals surface area (Å²) in [7, 11) is 0. The molecular weight excluding hydrogens is 280 g/mol. The van der Waals surface area contributed by atoms with Gasteiger partial charge >= 0.3 is 0 Å². The molecule has 0 aliphatic heterocycles. The van der Waals surface area contributed by atoms with Gasteiger partial charge in [-0.25, -0.2) is 9.97 Å². The zero-order valence-corrected chi connectivity index (χ0v) is 10.5. The van der Waals surface area contributed by atoms with Crippen molar-refractivity contribution in [3.63, 3.8) is 0 Å². The fraction of sp³-hybridized carbons (Fsp3) is 0.0833. The van der Waals surface area contributed by atoms with Crippen molar-refractivity contribution < 1.29 is 0 Å². The smallest absolute Gasteiger partial charge is 0.227 e.